The minimum Gasteiger partial charge on any atom is -0.223 e. The molecule has 0 saturated carbocycles. The number of hydrogen-bond donors (Lipinski definition) is 0. The van der Waals surface area contributed by atoms with E-state index in [0.29, 0.717) is 0 Å². The molecule has 0 atom stereocenters. The van der Waals surface area contributed by atoms with E-state index in [2.05, 4.69) is 0 Å². The molecule has 2 aromatic rings. The van der Waals surface area contributed by atoms with Crippen molar-refractivity contribution in [3.8, 4) is 6.07 Å². The fraction of sp³-hybridized carbons (Fsp3) is 0.133. The highest BCUT2D eigenvalue weighted by atomic mass is 32.2. The van der Waals surface area contributed by atoms with Gasteiger partial charge in [-0.05, 0) is 36.8 Å². The molecule has 0 fully saturated rings. The SMILES string of the molecule is Cc1cccc(S(=O)(=O)Cc2ccc(C#N)cc2F)c1. The number of sulfone groups is 1. The standard InChI is InChI=1S/C15H12FNO2S/c1-11-3-2-4-14(7-11)20(18,19)10-13-6-5-12(9-17)8-15(13)16/h2-8H,10H2,1H3. The van der Waals surface area contributed by atoms with Crippen LogP contribution in [0.2, 0.25) is 0 Å². The summed E-state index contributed by atoms with van der Waals surface area (Å²) >= 11 is 0. The van der Waals surface area contributed by atoms with Gasteiger partial charge >= 0.3 is 0 Å². The third kappa shape index (κ3) is 3.03. The second-order valence-electron chi connectivity index (χ2n) is 4.49. The molecule has 0 spiro atoms. The monoisotopic (exact) mass is 289 g/mol. The Labute approximate surface area is 117 Å². The van der Waals surface area contributed by atoms with Crippen molar-refractivity contribution in [1.82, 2.24) is 0 Å². The molecule has 0 N–H and O–H groups in total. The summed E-state index contributed by atoms with van der Waals surface area (Å²) in [6, 6.07) is 12.1. The Morgan fingerprint density at radius 2 is 1.95 bits per heavy atom. The molecular weight excluding hydrogens is 277 g/mol. The molecular formula is C15H12FNO2S. The van der Waals surface area contributed by atoms with Gasteiger partial charge in [-0.2, -0.15) is 5.26 Å². The molecule has 0 aliphatic heterocycles. The maximum atomic E-state index is 13.7. The predicted molar refractivity (Wildman–Crippen MR) is 73.2 cm³/mol. The largest absolute Gasteiger partial charge is 0.223 e. The Kier molecular flexibility index (Phi) is 3.86. The molecule has 0 radical (unpaired) electrons. The van der Waals surface area contributed by atoms with Crippen LogP contribution >= 0.6 is 0 Å². The number of hydrogen-bond acceptors (Lipinski definition) is 3. The van der Waals surface area contributed by atoms with Crippen LogP contribution in [0.4, 0.5) is 4.39 Å². The highest BCUT2D eigenvalue weighted by Crippen LogP contribution is 2.20. The van der Waals surface area contributed by atoms with Gasteiger partial charge in [0.15, 0.2) is 9.84 Å². The van der Waals surface area contributed by atoms with Crippen molar-refractivity contribution in [2.45, 2.75) is 17.6 Å². The Balaban J connectivity index is 2.36. The zero-order chi connectivity index (χ0) is 14.8. The molecule has 0 aliphatic rings. The average molecular weight is 289 g/mol. The maximum absolute atomic E-state index is 13.7. The van der Waals surface area contributed by atoms with Gasteiger partial charge in [0.25, 0.3) is 0 Å². The van der Waals surface area contributed by atoms with E-state index in [1.165, 1.54) is 18.2 Å². The lowest BCUT2D eigenvalue weighted by Gasteiger charge is -2.07. The van der Waals surface area contributed by atoms with Crippen molar-refractivity contribution in [3.05, 3.63) is 65.0 Å². The topological polar surface area (TPSA) is 57.9 Å². The van der Waals surface area contributed by atoms with Crippen LogP contribution in [0.25, 0.3) is 0 Å². The fourth-order valence-corrected chi connectivity index (χ4v) is 3.29. The summed E-state index contributed by atoms with van der Waals surface area (Å²) in [4.78, 5) is 0.168. The third-order valence-electron chi connectivity index (χ3n) is 2.88. The summed E-state index contributed by atoms with van der Waals surface area (Å²) in [5, 5.41) is 8.66. The van der Waals surface area contributed by atoms with Crippen molar-refractivity contribution in [2.24, 2.45) is 0 Å². The summed E-state index contributed by atoms with van der Waals surface area (Å²) in [6.45, 7) is 1.79. The molecule has 2 aromatic carbocycles. The fourth-order valence-electron chi connectivity index (χ4n) is 1.83. The molecule has 3 nitrogen and oxygen atoms in total. The van der Waals surface area contributed by atoms with E-state index < -0.39 is 21.4 Å². The first-order chi connectivity index (χ1) is 9.42. The summed E-state index contributed by atoms with van der Waals surface area (Å²) in [5.74, 6) is -1.10. The van der Waals surface area contributed by atoms with Gasteiger partial charge in [0, 0.05) is 5.56 Å². The molecule has 0 saturated heterocycles. The lowest BCUT2D eigenvalue weighted by Crippen LogP contribution is -2.07. The quantitative estimate of drug-likeness (QED) is 0.872. The first-order valence-corrected chi connectivity index (χ1v) is 7.55. The van der Waals surface area contributed by atoms with Crippen molar-refractivity contribution in [1.29, 1.82) is 5.26 Å². The van der Waals surface area contributed by atoms with Gasteiger partial charge in [0.05, 0.1) is 22.3 Å². The number of rotatable bonds is 3. The summed E-state index contributed by atoms with van der Waals surface area (Å²) in [6.07, 6.45) is 0. The van der Waals surface area contributed by atoms with Crippen LogP contribution in [0.15, 0.2) is 47.4 Å². The first-order valence-electron chi connectivity index (χ1n) is 5.90. The summed E-state index contributed by atoms with van der Waals surface area (Å²) in [7, 11) is -3.60. The number of nitriles is 1. The zero-order valence-corrected chi connectivity index (χ0v) is 11.6. The molecule has 0 aromatic heterocycles. The average Bonchev–Trinajstić information content (AvgIpc) is 2.41. The van der Waals surface area contributed by atoms with Crippen molar-refractivity contribution in [2.75, 3.05) is 0 Å². The van der Waals surface area contributed by atoms with Gasteiger partial charge in [0.1, 0.15) is 5.82 Å². The van der Waals surface area contributed by atoms with E-state index in [9.17, 15) is 12.8 Å². The summed E-state index contributed by atoms with van der Waals surface area (Å²) in [5.41, 5.74) is 1.05. The van der Waals surface area contributed by atoms with E-state index in [4.69, 9.17) is 5.26 Å². The number of nitrogens with zero attached hydrogens (tertiary/aromatic N) is 1. The lowest BCUT2D eigenvalue weighted by molar-refractivity contribution is 0.587. The Bertz CT molecular complexity index is 792. The molecule has 0 bridgehead atoms. The van der Waals surface area contributed by atoms with Gasteiger partial charge in [-0.3, -0.25) is 0 Å². The smallest absolute Gasteiger partial charge is 0.182 e. The molecule has 0 heterocycles. The molecule has 102 valence electrons. The lowest BCUT2D eigenvalue weighted by atomic mass is 10.1. The highest BCUT2D eigenvalue weighted by Gasteiger charge is 2.18. The van der Waals surface area contributed by atoms with Crippen LogP contribution in [0.1, 0.15) is 16.7 Å². The van der Waals surface area contributed by atoms with E-state index in [1.54, 1.807) is 25.1 Å². The van der Waals surface area contributed by atoms with Gasteiger partial charge in [-0.1, -0.05) is 18.2 Å². The van der Waals surface area contributed by atoms with Crippen LogP contribution < -0.4 is 0 Å². The third-order valence-corrected chi connectivity index (χ3v) is 4.54. The maximum Gasteiger partial charge on any atom is 0.182 e. The van der Waals surface area contributed by atoms with Gasteiger partial charge in [0.2, 0.25) is 0 Å². The van der Waals surface area contributed by atoms with Crippen LogP contribution in [0, 0.1) is 24.1 Å². The first kappa shape index (κ1) is 14.2. The number of aryl methyl sites for hydroxylation is 1. The Hall–Kier alpha value is -2.19. The molecule has 2 rings (SSSR count). The second-order valence-corrected chi connectivity index (χ2v) is 6.48. The Morgan fingerprint density at radius 1 is 1.20 bits per heavy atom. The van der Waals surface area contributed by atoms with Crippen molar-refractivity contribution < 1.29 is 12.8 Å². The van der Waals surface area contributed by atoms with E-state index >= 15 is 0 Å². The van der Waals surface area contributed by atoms with E-state index in [0.717, 1.165) is 11.6 Å². The van der Waals surface area contributed by atoms with Gasteiger partial charge < -0.3 is 0 Å². The zero-order valence-electron chi connectivity index (χ0n) is 10.8. The molecule has 5 heteroatoms. The van der Waals surface area contributed by atoms with Crippen LogP contribution in [-0.2, 0) is 15.6 Å². The molecule has 0 amide bonds. The predicted octanol–water partition coefficient (Wildman–Crippen LogP) is 2.98. The highest BCUT2D eigenvalue weighted by molar-refractivity contribution is 7.90. The Morgan fingerprint density at radius 3 is 2.55 bits per heavy atom. The second kappa shape index (κ2) is 5.43. The summed E-state index contributed by atoms with van der Waals surface area (Å²) < 4.78 is 38.2. The van der Waals surface area contributed by atoms with E-state index in [-0.39, 0.29) is 16.0 Å². The van der Waals surface area contributed by atoms with Crippen molar-refractivity contribution in [3.63, 3.8) is 0 Å². The van der Waals surface area contributed by atoms with Crippen LogP contribution in [0.3, 0.4) is 0 Å². The molecule has 20 heavy (non-hydrogen) atoms. The number of benzene rings is 2. The molecule has 0 aliphatic carbocycles. The minimum absolute atomic E-state index is 0.0607. The van der Waals surface area contributed by atoms with Crippen LogP contribution in [-0.4, -0.2) is 8.42 Å². The van der Waals surface area contributed by atoms with Gasteiger partial charge in [-0.15, -0.1) is 0 Å². The van der Waals surface area contributed by atoms with Crippen LogP contribution in [0.5, 0.6) is 0 Å². The normalized spacial score (nSPS) is 11.1. The molecule has 0 unspecified atom stereocenters. The number of halogens is 1. The van der Waals surface area contributed by atoms with Crippen molar-refractivity contribution >= 4 is 9.84 Å². The minimum atomic E-state index is -3.60. The van der Waals surface area contributed by atoms with E-state index in [1.807, 2.05) is 6.07 Å². The van der Waals surface area contributed by atoms with Gasteiger partial charge in [-0.25, -0.2) is 12.8 Å².